The lowest BCUT2D eigenvalue weighted by atomic mass is 10.0. The van der Waals surface area contributed by atoms with E-state index in [0.29, 0.717) is 29.7 Å². The lowest BCUT2D eigenvalue weighted by Gasteiger charge is -2.07. The highest BCUT2D eigenvalue weighted by molar-refractivity contribution is 5.92. The third-order valence-corrected chi connectivity index (χ3v) is 4.30. The third kappa shape index (κ3) is 4.73. The van der Waals surface area contributed by atoms with E-state index in [4.69, 9.17) is 4.52 Å². The van der Waals surface area contributed by atoms with Gasteiger partial charge in [0.05, 0.1) is 5.69 Å². The fourth-order valence-corrected chi connectivity index (χ4v) is 2.67. The van der Waals surface area contributed by atoms with Crippen LogP contribution in [-0.4, -0.2) is 21.2 Å². The summed E-state index contributed by atoms with van der Waals surface area (Å²) >= 11 is 0. The summed E-state index contributed by atoms with van der Waals surface area (Å²) in [6, 6.07) is 13.1. The molecule has 0 saturated carbocycles. The van der Waals surface area contributed by atoms with Crippen LogP contribution in [0.4, 0.5) is 5.69 Å². The number of hydrogen-bond donors (Lipinski definition) is 2. The van der Waals surface area contributed by atoms with E-state index in [0.717, 1.165) is 11.1 Å². The van der Waals surface area contributed by atoms with Gasteiger partial charge in [-0.1, -0.05) is 49.3 Å². The Morgan fingerprint density at radius 1 is 1.19 bits per heavy atom. The van der Waals surface area contributed by atoms with Gasteiger partial charge in [0, 0.05) is 18.4 Å². The van der Waals surface area contributed by atoms with Gasteiger partial charge in [-0.05, 0) is 36.1 Å². The number of nitrogens with one attached hydrogen (secondary N) is 1. The number of phenols is 1. The Bertz CT molecular complexity index is 930. The molecule has 1 amide bonds. The normalized spacial score (nSPS) is 11.0. The molecule has 2 N–H and O–H groups in total. The maximum atomic E-state index is 12.1. The van der Waals surface area contributed by atoms with Crippen LogP contribution in [0.3, 0.4) is 0 Å². The lowest BCUT2D eigenvalue weighted by molar-refractivity contribution is -0.116. The van der Waals surface area contributed by atoms with Crippen molar-refractivity contribution in [1.29, 1.82) is 0 Å². The van der Waals surface area contributed by atoms with E-state index in [9.17, 15) is 9.90 Å². The van der Waals surface area contributed by atoms with Crippen molar-refractivity contribution in [2.24, 2.45) is 0 Å². The van der Waals surface area contributed by atoms with E-state index in [1.54, 1.807) is 12.1 Å². The molecule has 3 aromatic rings. The Morgan fingerprint density at radius 2 is 1.93 bits per heavy atom. The minimum absolute atomic E-state index is 0.0493. The quantitative estimate of drug-likeness (QED) is 0.630. The van der Waals surface area contributed by atoms with E-state index in [1.165, 1.54) is 5.56 Å². The summed E-state index contributed by atoms with van der Waals surface area (Å²) in [6.45, 7) is 6.15. The van der Waals surface area contributed by atoms with Gasteiger partial charge in [-0.3, -0.25) is 4.79 Å². The molecular formula is C21H23N3O3. The molecule has 1 heterocycles. The maximum absolute atomic E-state index is 12.1. The first-order valence-electron chi connectivity index (χ1n) is 8.95. The second kappa shape index (κ2) is 8.03. The Labute approximate surface area is 158 Å². The fraction of sp³-hybridized carbons (Fsp3) is 0.286. The average molecular weight is 365 g/mol. The highest BCUT2D eigenvalue weighted by Gasteiger charge is 2.12. The Balaban J connectivity index is 1.58. The predicted molar refractivity (Wildman–Crippen MR) is 104 cm³/mol. The zero-order valence-electron chi connectivity index (χ0n) is 15.7. The van der Waals surface area contributed by atoms with Gasteiger partial charge in [0.2, 0.25) is 17.6 Å². The number of aryl methyl sites for hydroxylation is 2. The van der Waals surface area contributed by atoms with Gasteiger partial charge in [-0.15, -0.1) is 0 Å². The highest BCUT2D eigenvalue weighted by Crippen LogP contribution is 2.24. The lowest BCUT2D eigenvalue weighted by Crippen LogP contribution is -2.12. The predicted octanol–water partition coefficient (Wildman–Crippen LogP) is 4.45. The van der Waals surface area contributed by atoms with Crippen LogP contribution in [0.15, 0.2) is 47.0 Å². The molecule has 0 aliphatic carbocycles. The van der Waals surface area contributed by atoms with E-state index in [-0.39, 0.29) is 18.1 Å². The molecule has 3 rings (SSSR count). The number of benzene rings is 2. The highest BCUT2D eigenvalue weighted by atomic mass is 16.5. The molecule has 6 nitrogen and oxygen atoms in total. The van der Waals surface area contributed by atoms with Crippen LogP contribution in [0.5, 0.6) is 5.75 Å². The van der Waals surface area contributed by atoms with Crippen LogP contribution in [0.1, 0.15) is 43.2 Å². The first-order chi connectivity index (χ1) is 12.9. The van der Waals surface area contributed by atoms with Gasteiger partial charge in [0.25, 0.3) is 0 Å². The average Bonchev–Trinajstić information content (AvgIpc) is 3.11. The smallest absolute Gasteiger partial charge is 0.227 e. The van der Waals surface area contributed by atoms with Crippen LogP contribution in [0.25, 0.3) is 11.4 Å². The van der Waals surface area contributed by atoms with Gasteiger partial charge in [-0.2, -0.15) is 4.98 Å². The number of hydrogen-bond acceptors (Lipinski definition) is 5. The van der Waals surface area contributed by atoms with Crippen molar-refractivity contribution in [3.05, 3.63) is 59.5 Å². The van der Waals surface area contributed by atoms with Crippen LogP contribution in [-0.2, 0) is 11.2 Å². The summed E-state index contributed by atoms with van der Waals surface area (Å²) in [4.78, 5) is 16.4. The van der Waals surface area contributed by atoms with E-state index in [2.05, 4.69) is 41.4 Å². The van der Waals surface area contributed by atoms with Crippen molar-refractivity contribution >= 4 is 11.6 Å². The van der Waals surface area contributed by atoms with Crippen molar-refractivity contribution in [2.75, 3.05) is 5.32 Å². The molecule has 2 aromatic carbocycles. The number of aromatic hydroxyl groups is 1. The van der Waals surface area contributed by atoms with Gasteiger partial charge in [0.1, 0.15) is 5.75 Å². The van der Waals surface area contributed by atoms with Gasteiger partial charge < -0.3 is 14.9 Å². The zero-order chi connectivity index (χ0) is 19.4. The van der Waals surface area contributed by atoms with Crippen molar-refractivity contribution < 1.29 is 14.4 Å². The van der Waals surface area contributed by atoms with Crippen LogP contribution in [0, 0.1) is 6.92 Å². The van der Waals surface area contributed by atoms with Gasteiger partial charge >= 0.3 is 0 Å². The summed E-state index contributed by atoms with van der Waals surface area (Å²) < 4.78 is 5.25. The largest absolute Gasteiger partial charge is 0.506 e. The monoisotopic (exact) mass is 365 g/mol. The molecule has 140 valence electrons. The Hall–Kier alpha value is -3.15. The number of nitrogens with zero attached hydrogens (tertiary/aromatic N) is 2. The SMILES string of the molecule is Cc1ccc(NC(=O)CCc2nc(-c3ccc(C(C)C)cc3)no2)c(O)c1. The van der Waals surface area contributed by atoms with Crippen LogP contribution < -0.4 is 5.32 Å². The summed E-state index contributed by atoms with van der Waals surface area (Å²) in [6.07, 6.45) is 0.511. The van der Waals surface area contributed by atoms with E-state index < -0.39 is 0 Å². The minimum atomic E-state index is -0.227. The molecule has 0 spiro atoms. The molecule has 0 aliphatic heterocycles. The number of anilines is 1. The van der Waals surface area contributed by atoms with Crippen LogP contribution >= 0.6 is 0 Å². The molecular weight excluding hydrogens is 342 g/mol. The van der Waals surface area contributed by atoms with Crippen LogP contribution in [0.2, 0.25) is 0 Å². The van der Waals surface area contributed by atoms with E-state index >= 15 is 0 Å². The minimum Gasteiger partial charge on any atom is -0.506 e. The molecule has 27 heavy (non-hydrogen) atoms. The molecule has 6 heteroatoms. The summed E-state index contributed by atoms with van der Waals surface area (Å²) in [7, 11) is 0. The summed E-state index contributed by atoms with van der Waals surface area (Å²) in [5.41, 5.74) is 3.44. The summed E-state index contributed by atoms with van der Waals surface area (Å²) in [5.74, 6) is 1.20. The number of carbonyl (C=O) groups excluding carboxylic acids is 1. The molecule has 0 fully saturated rings. The number of phenolic OH excluding ortho intramolecular Hbond substituents is 1. The zero-order valence-corrected chi connectivity index (χ0v) is 15.7. The van der Waals surface area contributed by atoms with Gasteiger partial charge in [0.15, 0.2) is 0 Å². The molecule has 0 saturated heterocycles. The molecule has 1 aromatic heterocycles. The maximum Gasteiger partial charge on any atom is 0.227 e. The molecule has 0 atom stereocenters. The fourth-order valence-electron chi connectivity index (χ4n) is 2.67. The molecule has 0 bridgehead atoms. The van der Waals surface area contributed by atoms with E-state index in [1.807, 2.05) is 25.1 Å². The summed E-state index contributed by atoms with van der Waals surface area (Å²) in [5, 5.41) is 16.5. The second-order valence-corrected chi connectivity index (χ2v) is 6.86. The Kier molecular flexibility index (Phi) is 5.54. The molecule has 0 unspecified atom stereocenters. The number of carbonyl (C=O) groups is 1. The first-order valence-corrected chi connectivity index (χ1v) is 8.95. The second-order valence-electron chi connectivity index (χ2n) is 6.86. The number of aromatic nitrogens is 2. The molecule has 0 aliphatic rings. The first kappa shape index (κ1) is 18.6. The van der Waals surface area contributed by atoms with Crippen molar-refractivity contribution in [3.63, 3.8) is 0 Å². The topological polar surface area (TPSA) is 88.3 Å². The van der Waals surface area contributed by atoms with Crippen molar-refractivity contribution in [2.45, 2.75) is 39.5 Å². The Morgan fingerprint density at radius 3 is 2.59 bits per heavy atom. The van der Waals surface area contributed by atoms with Gasteiger partial charge in [-0.25, -0.2) is 0 Å². The molecule has 0 radical (unpaired) electrons. The third-order valence-electron chi connectivity index (χ3n) is 4.30. The number of rotatable bonds is 6. The van der Waals surface area contributed by atoms with Crippen molar-refractivity contribution in [1.82, 2.24) is 10.1 Å². The number of amides is 1. The van der Waals surface area contributed by atoms with Crippen molar-refractivity contribution in [3.8, 4) is 17.1 Å². The standard InChI is InChI=1S/C21H23N3O3/c1-13(2)15-5-7-16(8-6-15)21-23-20(27-24-21)11-10-19(26)22-17-9-4-14(3)12-18(17)25/h4-9,12-13,25H,10-11H2,1-3H3,(H,22,26).